The molecule has 0 aliphatic heterocycles. The lowest BCUT2D eigenvalue weighted by atomic mass is 10.0. The minimum Gasteiger partial charge on any atom is -0.0683 e. The highest BCUT2D eigenvalue weighted by Gasteiger charge is 1.92. The third-order valence-electron chi connectivity index (χ3n) is 2.29. The van der Waals surface area contributed by atoms with E-state index in [9.17, 15) is 0 Å². The number of rotatable bonds is 4. The highest BCUT2D eigenvalue weighted by molar-refractivity contribution is 4.45. The van der Waals surface area contributed by atoms with Crippen LogP contribution in [-0.2, 0) is 0 Å². The van der Waals surface area contributed by atoms with Gasteiger partial charge in [0.15, 0.2) is 0 Å². The number of hydrogen-bond acceptors (Lipinski definition) is 0. The Labute approximate surface area is 93.5 Å². The first-order valence-corrected chi connectivity index (χ1v) is 6.58. The van der Waals surface area contributed by atoms with Crippen LogP contribution < -0.4 is 0 Å². The molecule has 0 aromatic carbocycles. The van der Waals surface area contributed by atoms with Crippen LogP contribution in [0.4, 0.5) is 0 Å². The third kappa shape index (κ3) is 29.6. The normalized spacial score (nSPS) is 10.9. The van der Waals surface area contributed by atoms with Crippen LogP contribution in [0.15, 0.2) is 0 Å². The van der Waals surface area contributed by atoms with Gasteiger partial charge in [-0.2, -0.15) is 0 Å². The molecule has 0 radical (unpaired) electrons. The Morgan fingerprint density at radius 3 is 1.21 bits per heavy atom. The predicted molar refractivity (Wildman–Crippen MR) is 70.8 cm³/mol. The van der Waals surface area contributed by atoms with E-state index in [-0.39, 0.29) is 0 Å². The van der Waals surface area contributed by atoms with Crippen molar-refractivity contribution in [3.63, 3.8) is 0 Å². The van der Waals surface area contributed by atoms with E-state index in [1.54, 1.807) is 0 Å². The summed E-state index contributed by atoms with van der Waals surface area (Å²) in [5.41, 5.74) is 0. The van der Waals surface area contributed by atoms with E-state index in [1.165, 1.54) is 25.7 Å². The first-order chi connectivity index (χ1) is 6.58. The highest BCUT2D eigenvalue weighted by Crippen LogP contribution is 2.07. The van der Waals surface area contributed by atoms with Gasteiger partial charge in [-0.05, 0) is 11.8 Å². The molecule has 0 N–H and O–H groups in total. The maximum absolute atomic E-state index is 2.31. The molecule has 0 aliphatic carbocycles. The van der Waals surface area contributed by atoms with Crippen LogP contribution in [-0.4, -0.2) is 0 Å². The molecule has 0 saturated carbocycles. The molecule has 0 aliphatic rings. The molecule has 90 valence electrons. The van der Waals surface area contributed by atoms with Crippen LogP contribution in [0, 0.1) is 11.8 Å². The van der Waals surface area contributed by atoms with Gasteiger partial charge in [-0.3, -0.25) is 0 Å². The van der Waals surface area contributed by atoms with E-state index in [0.717, 1.165) is 11.8 Å². The van der Waals surface area contributed by atoms with Gasteiger partial charge in [0, 0.05) is 0 Å². The smallest absolute Gasteiger partial charge is 0.0446 e. The second kappa shape index (κ2) is 18.7. The fraction of sp³-hybridized carbons (Fsp3) is 1.00. The topological polar surface area (TPSA) is 0 Å². The van der Waals surface area contributed by atoms with Crippen molar-refractivity contribution in [3.05, 3.63) is 0 Å². The zero-order chi connectivity index (χ0) is 12.0. The number of hydrogen-bond donors (Lipinski definition) is 0. The molecule has 0 amide bonds. The Morgan fingerprint density at radius 2 is 1.14 bits per heavy atom. The molecule has 0 unspecified atom stereocenters. The van der Waals surface area contributed by atoms with E-state index in [1.807, 2.05) is 13.8 Å². The molecule has 0 aromatic heterocycles. The van der Waals surface area contributed by atoms with Crippen molar-refractivity contribution in [2.45, 2.75) is 81.1 Å². The molecule has 0 fully saturated rings. The molecule has 0 nitrogen and oxygen atoms in total. The maximum atomic E-state index is 2.31. The summed E-state index contributed by atoms with van der Waals surface area (Å²) in [5.74, 6) is 1.83. The lowest BCUT2D eigenvalue weighted by Gasteiger charge is -2.02. The molecule has 0 rings (SSSR count). The van der Waals surface area contributed by atoms with Crippen LogP contribution in [0.1, 0.15) is 81.1 Å². The summed E-state index contributed by atoms with van der Waals surface area (Å²) in [6, 6.07) is 0. The highest BCUT2D eigenvalue weighted by atomic mass is 14.0. The monoisotopic (exact) mass is 202 g/mol. The molecule has 0 aromatic rings. The standard InChI is InChI=1S/C7H16.C5H12.C2H6/c1-4-6-7(3)5-2;1-4-5(2)3;1-2/h7H,4-6H2,1-3H3;5H,4H2,1-3H3;1-2H3/t7-;;/m0../s1. The van der Waals surface area contributed by atoms with Crippen LogP contribution in [0.3, 0.4) is 0 Å². The first kappa shape index (κ1) is 19.6. The van der Waals surface area contributed by atoms with Gasteiger partial charge in [0.25, 0.3) is 0 Å². The summed E-state index contributed by atoms with van der Waals surface area (Å²) in [6.07, 6.45) is 5.39. The van der Waals surface area contributed by atoms with Crippen molar-refractivity contribution < 1.29 is 0 Å². The SMILES string of the molecule is CC.CCC(C)C.CCC[C@@H](C)CC. The maximum Gasteiger partial charge on any atom is -0.0446 e. The van der Waals surface area contributed by atoms with Crippen LogP contribution in [0.2, 0.25) is 0 Å². The summed E-state index contributed by atoms with van der Waals surface area (Å²) in [5, 5.41) is 0. The Hall–Kier alpha value is 0. The van der Waals surface area contributed by atoms with Gasteiger partial charge < -0.3 is 0 Å². The molecule has 0 heteroatoms. The zero-order valence-electron chi connectivity index (χ0n) is 12.0. The van der Waals surface area contributed by atoms with Crippen LogP contribution in [0.5, 0.6) is 0 Å². The predicted octanol–water partition coefficient (Wildman–Crippen LogP) is 5.91. The molecule has 0 spiro atoms. The zero-order valence-corrected chi connectivity index (χ0v) is 12.0. The molecular formula is C14H34. The van der Waals surface area contributed by atoms with E-state index >= 15 is 0 Å². The van der Waals surface area contributed by atoms with Gasteiger partial charge in [0.05, 0.1) is 0 Å². The van der Waals surface area contributed by atoms with Crippen molar-refractivity contribution in [3.8, 4) is 0 Å². The van der Waals surface area contributed by atoms with Gasteiger partial charge >= 0.3 is 0 Å². The van der Waals surface area contributed by atoms with Crippen molar-refractivity contribution in [1.29, 1.82) is 0 Å². The van der Waals surface area contributed by atoms with E-state index in [2.05, 4.69) is 41.5 Å². The Morgan fingerprint density at radius 1 is 0.786 bits per heavy atom. The van der Waals surface area contributed by atoms with Gasteiger partial charge in [0.1, 0.15) is 0 Å². The quantitative estimate of drug-likeness (QED) is 0.531. The fourth-order valence-electron chi connectivity index (χ4n) is 0.697. The van der Waals surface area contributed by atoms with Crippen molar-refractivity contribution in [2.75, 3.05) is 0 Å². The van der Waals surface area contributed by atoms with E-state index < -0.39 is 0 Å². The molecule has 0 bridgehead atoms. The Bertz CT molecular complexity index is 64.4. The third-order valence-corrected chi connectivity index (χ3v) is 2.29. The Kier molecular flexibility index (Phi) is 26.1. The van der Waals surface area contributed by atoms with Crippen molar-refractivity contribution in [1.82, 2.24) is 0 Å². The summed E-state index contributed by atoms with van der Waals surface area (Å²) >= 11 is 0. The van der Waals surface area contributed by atoms with Crippen LogP contribution in [0.25, 0.3) is 0 Å². The summed E-state index contributed by atoms with van der Waals surface area (Å²) in [4.78, 5) is 0. The molecule has 14 heavy (non-hydrogen) atoms. The Balaban J connectivity index is -0.000000152. The molecule has 0 saturated heterocycles. The van der Waals surface area contributed by atoms with Crippen molar-refractivity contribution in [2.24, 2.45) is 11.8 Å². The minimum absolute atomic E-state index is 0.884. The molecule has 0 heterocycles. The fourth-order valence-corrected chi connectivity index (χ4v) is 0.697. The van der Waals surface area contributed by atoms with Gasteiger partial charge in [0.2, 0.25) is 0 Å². The summed E-state index contributed by atoms with van der Waals surface area (Å²) in [7, 11) is 0. The summed E-state index contributed by atoms with van der Waals surface area (Å²) in [6.45, 7) is 17.4. The van der Waals surface area contributed by atoms with E-state index in [0.29, 0.717) is 0 Å². The lowest BCUT2D eigenvalue weighted by Crippen LogP contribution is -1.88. The largest absolute Gasteiger partial charge is 0.0683 e. The summed E-state index contributed by atoms with van der Waals surface area (Å²) < 4.78 is 0. The lowest BCUT2D eigenvalue weighted by molar-refractivity contribution is 0.509. The molecular weight excluding hydrogens is 168 g/mol. The van der Waals surface area contributed by atoms with E-state index in [4.69, 9.17) is 0 Å². The first-order valence-electron chi connectivity index (χ1n) is 6.58. The van der Waals surface area contributed by atoms with Gasteiger partial charge in [-0.1, -0.05) is 81.1 Å². The second-order valence-corrected chi connectivity index (χ2v) is 4.10. The minimum atomic E-state index is 0.884. The molecule has 1 atom stereocenters. The van der Waals surface area contributed by atoms with Crippen LogP contribution >= 0.6 is 0 Å². The average Bonchev–Trinajstić information content (AvgIpc) is 2.22. The van der Waals surface area contributed by atoms with Crippen molar-refractivity contribution >= 4 is 0 Å². The average molecular weight is 202 g/mol. The van der Waals surface area contributed by atoms with Gasteiger partial charge in [-0.25, -0.2) is 0 Å². The van der Waals surface area contributed by atoms with Gasteiger partial charge in [-0.15, -0.1) is 0 Å². The second-order valence-electron chi connectivity index (χ2n) is 4.10.